The summed E-state index contributed by atoms with van der Waals surface area (Å²) in [6.07, 6.45) is 5.62. The van der Waals surface area contributed by atoms with Crippen molar-refractivity contribution in [3.8, 4) is 0 Å². The molecule has 2 aliphatic rings. The van der Waals surface area contributed by atoms with Gasteiger partial charge in [-0.05, 0) is 51.5 Å². The van der Waals surface area contributed by atoms with E-state index >= 15 is 0 Å². The molecule has 1 atom stereocenters. The molecule has 88 valence electrons. The summed E-state index contributed by atoms with van der Waals surface area (Å²) in [5.74, 6) is 0. The van der Waals surface area contributed by atoms with Crippen molar-refractivity contribution in [1.29, 1.82) is 0 Å². The van der Waals surface area contributed by atoms with Crippen molar-refractivity contribution in [3.05, 3.63) is 0 Å². The molecule has 1 unspecified atom stereocenters. The van der Waals surface area contributed by atoms with Crippen LogP contribution in [-0.2, 0) is 0 Å². The van der Waals surface area contributed by atoms with Crippen LogP contribution < -0.4 is 5.32 Å². The van der Waals surface area contributed by atoms with Gasteiger partial charge in [-0.25, -0.2) is 0 Å². The van der Waals surface area contributed by atoms with Gasteiger partial charge in [0.25, 0.3) is 0 Å². The highest BCUT2D eigenvalue weighted by molar-refractivity contribution is 4.95. The summed E-state index contributed by atoms with van der Waals surface area (Å²) < 4.78 is 0. The normalized spacial score (nSPS) is 30.0. The molecule has 1 aliphatic heterocycles. The topological polar surface area (TPSA) is 15.3 Å². The van der Waals surface area contributed by atoms with Gasteiger partial charge in [-0.15, -0.1) is 0 Å². The summed E-state index contributed by atoms with van der Waals surface area (Å²) in [4.78, 5) is 2.59. The van der Waals surface area contributed by atoms with Gasteiger partial charge < -0.3 is 5.32 Å². The van der Waals surface area contributed by atoms with Crippen LogP contribution in [0.25, 0.3) is 0 Å². The van der Waals surface area contributed by atoms with E-state index in [1.807, 2.05) is 0 Å². The molecule has 2 heteroatoms. The van der Waals surface area contributed by atoms with Gasteiger partial charge in [0.05, 0.1) is 0 Å². The number of nitrogens with zero attached hydrogens (tertiary/aromatic N) is 1. The van der Waals surface area contributed by atoms with Crippen LogP contribution in [0.2, 0.25) is 0 Å². The van der Waals surface area contributed by atoms with Gasteiger partial charge in [0.2, 0.25) is 0 Å². The molecule has 0 spiro atoms. The lowest BCUT2D eigenvalue weighted by atomic mass is 10.0. The number of hydrogen-bond donors (Lipinski definition) is 1. The molecule has 2 fully saturated rings. The number of rotatable bonds is 5. The third kappa shape index (κ3) is 2.73. The van der Waals surface area contributed by atoms with E-state index in [-0.39, 0.29) is 0 Å². The summed E-state index contributed by atoms with van der Waals surface area (Å²) in [5.41, 5.74) is 0.700. The molecule has 1 N–H and O–H groups in total. The lowest BCUT2D eigenvalue weighted by molar-refractivity contribution is 0.266. The van der Waals surface area contributed by atoms with Gasteiger partial charge in [0.1, 0.15) is 0 Å². The number of likely N-dealkylation sites (tertiary alicyclic amines) is 1. The summed E-state index contributed by atoms with van der Waals surface area (Å²) >= 11 is 0. The molecule has 2 nitrogen and oxygen atoms in total. The molecule has 0 amide bonds. The summed E-state index contributed by atoms with van der Waals surface area (Å²) in [5, 5.41) is 3.78. The summed E-state index contributed by atoms with van der Waals surface area (Å²) in [6.45, 7) is 10.8. The second-order valence-corrected chi connectivity index (χ2v) is 5.81. The fourth-order valence-corrected chi connectivity index (χ4v) is 2.62. The molecular formula is C13H26N2. The highest BCUT2D eigenvalue weighted by atomic mass is 15.2. The van der Waals surface area contributed by atoms with Crippen molar-refractivity contribution in [2.24, 2.45) is 5.41 Å². The quantitative estimate of drug-likeness (QED) is 0.749. The van der Waals surface area contributed by atoms with Crippen molar-refractivity contribution in [2.45, 2.75) is 58.5 Å². The largest absolute Gasteiger partial charge is 0.312 e. The van der Waals surface area contributed by atoms with Crippen LogP contribution in [0, 0.1) is 5.41 Å². The standard InChI is InChI=1S/C13H26N2/c1-4-13(6-7-13)10-14-12-5-8-15(9-12)11(2)3/h11-12,14H,4-10H2,1-3H3. The highest BCUT2D eigenvalue weighted by Gasteiger charge is 2.40. The fourth-order valence-electron chi connectivity index (χ4n) is 2.62. The first-order valence-electron chi connectivity index (χ1n) is 6.63. The monoisotopic (exact) mass is 210 g/mol. The van der Waals surface area contributed by atoms with Crippen LogP contribution in [0.4, 0.5) is 0 Å². The smallest absolute Gasteiger partial charge is 0.0207 e. The van der Waals surface area contributed by atoms with Crippen LogP contribution in [0.15, 0.2) is 0 Å². The average molecular weight is 210 g/mol. The number of nitrogens with one attached hydrogen (secondary N) is 1. The Bertz CT molecular complexity index is 209. The Hall–Kier alpha value is -0.0800. The molecule has 0 aromatic rings. The van der Waals surface area contributed by atoms with Gasteiger partial charge in [-0.1, -0.05) is 6.92 Å². The molecule has 0 radical (unpaired) electrons. The number of hydrogen-bond acceptors (Lipinski definition) is 2. The summed E-state index contributed by atoms with van der Waals surface area (Å²) in [6, 6.07) is 1.48. The Morgan fingerprint density at radius 1 is 1.40 bits per heavy atom. The second-order valence-electron chi connectivity index (χ2n) is 5.81. The molecule has 1 saturated heterocycles. The van der Waals surface area contributed by atoms with Crippen LogP contribution in [0.3, 0.4) is 0 Å². The SMILES string of the molecule is CCC1(CNC2CCN(C(C)C)C2)CC1. The Morgan fingerprint density at radius 3 is 2.60 bits per heavy atom. The van der Waals surface area contributed by atoms with E-state index in [4.69, 9.17) is 0 Å². The van der Waals surface area contributed by atoms with Crippen molar-refractivity contribution in [2.75, 3.05) is 19.6 Å². The maximum Gasteiger partial charge on any atom is 0.0207 e. The van der Waals surface area contributed by atoms with Crippen molar-refractivity contribution >= 4 is 0 Å². The predicted molar refractivity (Wildman–Crippen MR) is 65.1 cm³/mol. The van der Waals surface area contributed by atoms with Crippen molar-refractivity contribution < 1.29 is 0 Å². The van der Waals surface area contributed by atoms with Gasteiger partial charge >= 0.3 is 0 Å². The van der Waals surface area contributed by atoms with Crippen molar-refractivity contribution in [3.63, 3.8) is 0 Å². The third-order valence-corrected chi connectivity index (χ3v) is 4.42. The Labute approximate surface area is 94.4 Å². The zero-order valence-corrected chi connectivity index (χ0v) is 10.6. The molecular weight excluding hydrogens is 184 g/mol. The van der Waals surface area contributed by atoms with E-state index in [0.29, 0.717) is 5.41 Å². The van der Waals surface area contributed by atoms with Crippen LogP contribution >= 0.6 is 0 Å². The first kappa shape index (κ1) is 11.4. The van der Waals surface area contributed by atoms with E-state index in [0.717, 1.165) is 12.1 Å². The maximum atomic E-state index is 3.78. The first-order valence-corrected chi connectivity index (χ1v) is 6.63. The Kier molecular flexibility index (Phi) is 3.36. The van der Waals surface area contributed by atoms with E-state index in [1.165, 1.54) is 45.3 Å². The molecule has 1 saturated carbocycles. The van der Waals surface area contributed by atoms with Crippen LogP contribution in [0.5, 0.6) is 0 Å². The first-order chi connectivity index (χ1) is 7.15. The second kappa shape index (κ2) is 4.42. The maximum absolute atomic E-state index is 3.78. The average Bonchev–Trinajstić information content (AvgIpc) is 2.85. The van der Waals surface area contributed by atoms with E-state index < -0.39 is 0 Å². The third-order valence-electron chi connectivity index (χ3n) is 4.42. The van der Waals surface area contributed by atoms with Gasteiger partial charge in [0.15, 0.2) is 0 Å². The van der Waals surface area contributed by atoms with Gasteiger partial charge in [0, 0.05) is 25.2 Å². The molecule has 0 bridgehead atoms. The minimum Gasteiger partial charge on any atom is -0.312 e. The Balaban J connectivity index is 1.69. The lowest BCUT2D eigenvalue weighted by Crippen LogP contribution is -2.37. The lowest BCUT2D eigenvalue weighted by Gasteiger charge is -2.21. The van der Waals surface area contributed by atoms with Gasteiger partial charge in [-0.3, -0.25) is 4.90 Å². The molecule has 2 rings (SSSR count). The molecule has 0 aromatic heterocycles. The van der Waals surface area contributed by atoms with E-state index in [9.17, 15) is 0 Å². The fraction of sp³-hybridized carbons (Fsp3) is 1.00. The Morgan fingerprint density at radius 2 is 2.13 bits per heavy atom. The van der Waals surface area contributed by atoms with Crippen LogP contribution in [0.1, 0.15) is 46.5 Å². The highest BCUT2D eigenvalue weighted by Crippen LogP contribution is 2.47. The summed E-state index contributed by atoms with van der Waals surface area (Å²) in [7, 11) is 0. The zero-order valence-electron chi connectivity index (χ0n) is 10.6. The predicted octanol–water partition coefficient (Wildman–Crippen LogP) is 2.25. The van der Waals surface area contributed by atoms with Gasteiger partial charge in [-0.2, -0.15) is 0 Å². The van der Waals surface area contributed by atoms with E-state index in [1.54, 1.807) is 0 Å². The minimum absolute atomic E-state index is 0.700. The minimum atomic E-state index is 0.700. The van der Waals surface area contributed by atoms with Crippen molar-refractivity contribution in [1.82, 2.24) is 10.2 Å². The molecule has 15 heavy (non-hydrogen) atoms. The van der Waals surface area contributed by atoms with E-state index in [2.05, 4.69) is 31.0 Å². The molecule has 1 heterocycles. The molecule has 1 aliphatic carbocycles. The zero-order chi connectivity index (χ0) is 10.9. The molecule has 0 aromatic carbocycles. The van der Waals surface area contributed by atoms with Crippen LogP contribution in [-0.4, -0.2) is 36.6 Å².